The zero-order valence-electron chi connectivity index (χ0n) is 19.3. The van der Waals surface area contributed by atoms with E-state index in [9.17, 15) is 4.39 Å². The molecule has 8 heteroatoms. The van der Waals surface area contributed by atoms with Gasteiger partial charge in [-0.05, 0) is 68.3 Å². The van der Waals surface area contributed by atoms with Gasteiger partial charge in [-0.3, -0.25) is 24.9 Å². The number of H-pyrrole nitrogens is 1. The molecule has 0 aliphatic carbocycles. The Labute approximate surface area is 198 Å². The number of benzene rings is 1. The summed E-state index contributed by atoms with van der Waals surface area (Å²) in [6, 6.07) is 12.3. The van der Waals surface area contributed by atoms with Gasteiger partial charge >= 0.3 is 0 Å². The van der Waals surface area contributed by atoms with Crippen LogP contribution in [0.3, 0.4) is 0 Å². The third-order valence-electron chi connectivity index (χ3n) is 6.97. The molecular weight excluding hydrogens is 429 g/mol. The van der Waals surface area contributed by atoms with Crippen molar-refractivity contribution in [2.24, 2.45) is 0 Å². The fourth-order valence-electron chi connectivity index (χ4n) is 5.24. The third kappa shape index (κ3) is 4.15. The smallest absolute Gasteiger partial charge is 0.141 e. The van der Waals surface area contributed by atoms with E-state index in [0.717, 1.165) is 72.8 Å². The number of nitrogens with zero attached hydrogens (tertiary/aromatic N) is 5. The van der Waals surface area contributed by atoms with Crippen molar-refractivity contribution >= 4 is 16.6 Å². The van der Waals surface area contributed by atoms with Crippen molar-refractivity contribution in [2.75, 3.05) is 25.1 Å². The molecule has 1 saturated heterocycles. The van der Waals surface area contributed by atoms with E-state index in [1.54, 1.807) is 6.07 Å². The molecule has 6 rings (SSSR count). The number of nitrogens with one attached hydrogen (secondary N) is 2. The van der Waals surface area contributed by atoms with E-state index in [1.807, 2.05) is 19.2 Å². The fraction of sp³-hybridized carbons (Fsp3) is 0.346. The van der Waals surface area contributed by atoms with Crippen LogP contribution in [0.1, 0.15) is 29.8 Å². The lowest BCUT2D eigenvalue weighted by molar-refractivity contribution is 0.0900. The van der Waals surface area contributed by atoms with Gasteiger partial charge in [-0.15, -0.1) is 0 Å². The maximum Gasteiger partial charge on any atom is 0.141 e. The maximum absolute atomic E-state index is 13.2. The lowest BCUT2D eigenvalue weighted by Crippen LogP contribution is -2.50. The van der Waals surface area contributed by atoms with Crippen LogP contribution < -0.4 is 5.32 Å². The number of aromatic nitrogens is 4. The molecule has 5 heterocycles. The van der Waals surface area contributed by atoms with E-state index < -0.39 is 0 Å². The number of pyridine rings is 2. The van der Waals surface area contributed by atoms with Gasteiger partial charge in [0.25, 0.3) is 0 Å². The third-order valence-corrected chi connectivity index (χ3v) is 6.97. The molecule has 1 atom stereocenters. The van der Waals surface area contributed by atoms with Crippen LogP contribution in [0.2, 0.25) is 0 Å². The molecule has 2 aliphatic rings. The first-order valence-corrected chi connectivity index (χ1v) is 11.9. The van der Waals surface area contributed by atoms with E-state index in [0.29, 0.717) is 6.04 Å². The average Bonchev–Trinajstić information content (AvgIpc) is 3.26. The number of anilines is 1. The second-order valence-corrected chi connectivity index (χ2v) is 9.39. The molecule has 34 heavy (non-hydrogen) atoms. The number of aromatic amines is 1. The summed E-state index contributed by atoms with van der Waals surface area (Å²) in [7, 11) is 0. The van der Waals surface area contributed by atoms with Gasteiger partial charge < -0.3 is 5.32 Å². The summed E-state index contributed by atoms with van der Waals surface area (Å²) >= 11 is 0. The minimum atomic E-state index is -0.285. The molecule has 7 nitrogen and oxygen atoms in total. The van der Waals surface area contributed by atoms with Gasteiger partial charge in [0.1, 0.15) is 11.5 Å². The Morgan fingerprint density at radius 1 is 1.15 bits per heavy atom. The SMILES string of the molecule is Cc1cc(-c2n[nH]c3cc4c(cc23)CN([C@@H]2CCCN(Cc3ccc(F)cn3)C2)CN4)ccn1. The van der Waals surface area contributed by atoms with Gasteiger partial charge in [-0.1, -0.05) is 0 Å². The van der Waals surface area contributed by atoms with E-state index in [1.165, 1.54) is 29.9 Å². The van der Waals surface area contributed by atoms with Crippen LogP contribution in [0.15, 0.2) is 48.8 Å². The summed E-state index contributed by atoms with van der Waals surface area (Å²) in [5.41, 5.74) is 7.47. The van der Waals surface area contributed by atoms with E-state index >= 15 is 0 Å². The standard InChI is InChI=1S/C26H28FN7/c1-17-9-18(6-7-28-17)26-23-10-19-13-34(16-30-24(19)11-25(23)31-32-26)22-3-2-8-33(15-22)14-21-5-4-20(27)12-29-21/h4-7,9-12,22,30H,2-3,8,13-16H2,1H3,(H,31,32)/t22-/m1/s1. The summed E-state index contributed by atoms with van der Waals surface area (Å²) in [6.07, 6.45) is 5.48. The van der Waals surface area contributed by atoms with Gasteiger partial charge in [0, 0.05) is 54.2 Å². The predicted octanol–water partition coefficient (Wildman–Crippen LogP) is 4.32. The zero-order chi connectivity index (χ0) is 23.1. The Morgan fingerprint density at radius 2 is 2.09 bits per heavy atom. The normalized spacial score (nSPS) is 19.2. The predicted molar refractivity (Wildman–Crippen MR) is 131 cm³/mol. The Morgan fingerprint density at radius 3 is 2.94 bits per heavy atom. The van der Waals surface area contributed by atoms with Gasteiger partial charge in [-0.25, -0.2) is 4.39 Å². The number of hydrogen-bond acceptors (Lipinski definition) is 6. The molecule has 2 N–H and O–H groups in total. The van der Waals surface area contributed by atoms with E-state index in [4.69, 9.17) is 0 Å². The van der Waals surface area contributed by atoms with Crippen LogP contribution in [-0.4, -0.2) is 55.8 Å². The van der Waals surface area contributed by atoms with Crippen molar-refractivity contribution in [2.45, 2.75) is 38.9 Å². The molecule has 1 fully saturated rings. The minimum absolute atomic E-state index is 0.285. The van der Waals surface area contributed by atoms with Gasteiger partial charge in [0.05, 0.1) is 24.1 Å². The number of aryl methyl sites for hydroxylation is 1. The van der Waals surface area contributed by atoms with Crippen molar-refractivity contribution < 1.29 is 4.39 Å². The lowest BCUT2D eigenvalue weighted by Gasteiger charge is -2.41. The van der Waals surface area contributed by atoms with Gasteiger partial charge in [0.2, 0.25) is 0 Å². The monoisotopic (exact) mass is 457 g/mol. The van der Waals surface area contributed by atoms with Gasteiger partial charge in [0.15, 0.2) is 0 Å². The van der Waals surface area contributed by atoms with Gasteiger partial charge in [-0.2, -0.15) is 5.10 Å². The first-order chi connectivity index (χ1) is 16.6. The molecule has 0 saturated carbocycles. The Bertz CT molecular complexity index is 1320. The Balaban J connectivity index is 1.21. The van der Waals surface area contributed by atoms with E-state index in [2.05, 4.69) is 53.5 Å². The number of piperidine rings is 1. The highest BCUT2D eigenvalue weighted by Gasteiger charge is 2.28. The maximum atomic E-state index is 13.2. The number of hydrogen-bond donors (Lipinski definition) is 2. The molecular formula is C26H28FN7. The molecule has 0 unspecified atom stereocenters. The molecule has 2 aliphatic heterocycles. The zero-order valence-corrected chi connectivity index (χ0v) is 19.3. The number of fused-ring (bicyclic) bond motifs is 2. The van der Waals surface area contributed by atoms with Crippen molar-refractivity contribution in [3.8, 4) is 11.3 Å². The van der Waals surface area contributed by atoms with Crippen molar-refractivity contribution in [3.63, 3.8) is 0 Å². The van der Waals surface area contributed by atoms with Crippen LogP contribution in [0.4, 0.5) is 10.1 Å². The molecule has 174 valence electrons. The summed E-state index contributed by atoms with van der Waals surface area (Å²) in [6.45, 7) is 6.55. The van der Waals surface area contributed by atoms with Crippen LogP contribution >= 0.6 is 0 Å². The molecule has 0 radical (unpaired) electrons. The molecule has 0 spiro atoms. The molecule has 0 bridgehead atoms. The van der Waals surface area contributed by atoms with Crippen molar-refractivity contribution in [1.29, 1.82) is 0 Å². The largest absolute Gasteiger partial charge is 0.372 e. The topological polar surface area (TPSA) is 73.0 Å². The highest BCUT2D eigenvalue weighted by Crippen LogP contribution is 2.34. The molecule has 3 aromatic heterocycles. The lowest BCUT2D eigenvalue weighted by atomic mass is 10.00. The summed E-state index contributed by atoms with van der Waals surface area (Å²) in [5.74, 6) is -0.285. The van der Waals surface area contributed by atoms with Crippen molar-refractivity contribution in [1.82, 2.24) is 30.0 Å². The number of rotatable bonds is 4. The Kier molecular flexibility index (Phi) is 5.47. The number of halogens is 1. The Hall–Kier alpha value is -3.36. The van der Waals surface area contributed by atoms with Crippen LogP contribution in [0, 0.1) is 12.7 Å². The second-order valence-electron chi connectivity index (χ2n) is 9.39. The first-order valence-electron chi connectivity index (χ1n) is 11.9. The van der Waals surface area contributed by atoms with Crippen molar-refractivity contribution in [3.05, 3.63) is 71.6 Å². The van der Waals surface area contributed by atoms with Crippen LogP contribution in [-0.2, 0) is 13.1 Å². The average molecular weight is 458 g/mol. The molecule has 4 aromatic rings. The molecule has 1 aromatic carbocycles. The highest BCUT2D eigenvalue weighted by molar-refractivity contribution is 5.95. The summed E-state index contributed by atoms with van der Waals surface area (Å²) in [4.78, 5) is 13.5. The minimum Gasteiger partial charge on any atom is -0.372 e. The van der Waals surface area contributed by atoms with Crippen LogP contribution in [0.25, 0.3) is 22.2 Å². The first kappa shape index (κ1) is 21.2. The summed E-state index contributed by atoms with van der Waals surface area (Å²) < 4.78 is 13.2. The molecule has 0 amide bonds. The van der Waals surface area contributed by atoms with E-state index in [-0.39, 0.29) is 5.82 Å². The fourth-order valence-corrected chi connectivity index (χ4v) is 5.24. The second kappa shape index (κ2) is 8.77. The highest BCUT2D eigenvalue weighted by atomic mass is 19.1. The number of likely N-dealkylation sites (tertiary alicyclic amines) is 1. The quantitative estimate of drug-likeness (QED) is 0.476. The summed E-state index contributed by atoms with van der Waals surface area (Å²) in [5, 5.41) is 12.6. The van der Waals surface area contributed by atoms with Crippen LogP contribution in [0.5, 0.6) is 0 Å².